The van der Waals surface area contributed by atoms with Crippen molar-refractivity contribution in [2.45, 2.75) is 6.92 Å². The first kappa shape index (κ1) is 9.52. The largest absolute Gasteiger partial charge is 0.496 e. The molecule has 0 unspecified atom stereocenters. The molecule has 68 valence electrons. The standard InChI is InChI=1S/C11H12O2/c1-3-4-9-5-6-10(8-12)11(7-9)13-2/h3-8H,1-2H3. The third kappa shape index (κ3) is 2.18. The molecular weight excluding hydrogens is 164 g/mol. The number of methoxy groups -OCH3 is 1. The minimum atomic E-state index is 0.579. The van der Waals surface area contributed by atoms with Gasteiger partial charge in [-0.3, -0.25) is 4.79 Å². The average molecular weight is 176 g/mol. The summed E-state index contributed by atoms with van der Waals surface area (Å²) in [7, 11) is 1.56. The van der Waals surface area contributed by atoms with Gasteiger partial charge in [-0.15, -0.1) is 0 Å². The number of hydrogen-bond acceptors (Lipinski definition) is 2. The van der Waals surface area contributed by atoms with Gasteiger partial charge in [0.1, 0.15) is 5.75 Å². The quantitative estimate of drug-likeness (QED) is 0.661. The molecular formula is C11H12O2. The van der Waals surface area contributed by atoms with E-state index in [1.807, 2.05) is 31.2 Å². The van der Waals surface area contributed by atoms with E-state index in [4.69, 9.17) is 4.74 Å². The molecule has 1 aromatic rings. The van der Waals surface area contributed by atoms with Gasteiger partial charge in [-0.25, -0.2) is 0 Å². The highest BCUT2D eigenvalue weighted by Crippen LogP contribution is 2.18. The van der Waals surface area contributed by atoms with Gasteiger partial charge in [0.25, 0.3) is 0 Å². The number of carbonyl (C=O) groups excluding carboxylic acids is 1. The molecule has 0 aliphatic carbocycles. The molecule has 0 heterocycles. The van der Waals surface area contributed by atoms with Crippen LogP contribution < -0.4 is 4.74 Å². The number of rotatable bonds is 3. The van der Waals surface area contributed by atoms with E-state index in [2.05, 4.69) is 0 Å². The summed E-state index contributed by atoms with van der Waals surface area (Å²) in [6.07, 6.45) is 4.69. The van der Waals surface area contributed by atoms with Gasteiger partial charge in [0.2, 0.25) is 0 Å². The van der Waals surface area contributed by atoms with Gasteiger partial charge >= 0.3 is 0 Å². The smallest absolute Gasteiger partial charge is 0.153 e. The Morgan fingerprint density at radius 3 is 2.69 bits per heavy atom. The van der Waals surface area contributed by atoms with E-state index in [0.717, 1.165) is 11.8 Å². The lowest BCUT2D eigenvalue weighted by molar-refractivity contribution is 0.112. The number of aldehydes is 1. The summed E-state index contributed by atoms with van der Waals surface area (Å²) in [5, 5.41) is 0. The minimum absolute atomic E-state index is 0.579. The number of carbonyl (C=O) groups is 1. The molecule has 0 fully saturated rings. The molecule has 0 aliphatic rings. The predicted molar refractivity (Wildman–Crippen MR) is 53.1 cm³/mol. The van der Waals surface area contributed by atoms with Gasteiger partial charge in [-0.1, -0.05) is 18.2 Å². The van der Waals surface area contributed by atoms with E-state index in [1.165, 1.54) is 0 Å². The van der Waals surface area contributed by atoms with E-state index in [0.29, 0.717) is 11.3 Å². The lowest BCUT2D eigenvalue weighted by Crippen LogP contribution is -1.90. The molecule has 0 atom stereocenters. The van der Waals surface area contributed by atoms with Crippen molar-refractivity contribution in [3.8, 4) is 5.75 Å². The highest BCUT2D eigenvalue weighted by Gasteiger charge is 2.00. The van der Waals surface area contributed by atoms with Crippen LogP contribution in [0.1, 0.15) is 22.8 Å². The third-order valence-corrected chi connectivity index (χ3v) is 1.74. The van der Waals surface area contributed by atoms with Gasteiger partial charge in [0.05, 0.1) is 12.7 Å². The van der Waals surface area contributed by atoms with Crippen molar-refractivity contribution >= 4 is 12.4 Å². The van der Waals surface area contributed by atoms with Crippen LogP contribution in [-0.4, -0.2) is 13.4 Å². The Morgan fingerprint density at radius 1 is 1.38 bits per heavy atom. The SMILES string of the molecule is CC=Cc1ccc(C=O)c(OC)c1. The molecule has 1 aromatic carbocycles. The lowest BCUT2D eigenvalue weighted by Gasteiger charge is -2.03. The van der Waals surface area contributed by atoms with Crippen LogP contribution >= 0.6 is 0 Å². The predicted octanol–water partition coefficient (Wildman–Crippen LogP) is 2.54. The average Bonchev–Trinajstić information content (AvgIpc) is 2.18. The highest BCUT2D eigenvalue weighted by molar-refractivity contribution is 5.80. The van der Waals surface area contributed by atoms with E-state index in [1.54, 1.807) is 13.2 Å². The lowest BCUT2D eigenvalue weighted by atomic mass is 10.1. The van der Waals surface area contributed by atoms with Crippen LogP contribution in [0.2, 0.25) is 0 Å². The molecule has 1 rings (SSSR count). The van der Waals surface area contributed by atoms with Crippen molar-refractivity contribution < 1.29 is 9.53 Å². The Morgan fingerprint density at radius 2 is 2.15 bits per heavy atom. The fraction of sp³-hybridized carbons (Fsp3) is 0.182. The Balaban J connectivity index is 3.12. The molecule has 0 bridgehead atoms. The molecule has 0 N–H and O–H groups in total. The van der Waals surface area contributed by atoms with E-state index in [9.17, 15) is 4.79 Å². The van der Waals surface area contributed by atoms with Crippen molar-refractivity contribution in [1.82, 2.24) is 0 Å². The van der Waals surface area contributed by atoms with Crippen molar-refractivity contribution in [1.29, 1.82) is 0 Å². The fourth-order valence-corrected chi connectivity index (χ4v) is 1.12. The van der Waals surface area contributed by atoms with Crippen LogP contribution in [0, 0.1) is 0 Å². The fourth-order valence-electron chi connectivity index (χ4n) is 1.12. The molecule has 0 radical (unpaired) electrons. The maximum absolute atomic E-state index is 10.6. The third-order valence-electron chi connectivity index (χ3n) is 1.74. The summed E-state index contributed by atoms with van der Waals surface area (Å²) in [6, 6.07) is 5.47. The van der Waals surface area contributed by atoms with Gasteiger partial charge in [0, 0.05) is 0 Å². The molecule has 2 heteroatoms. The van der Waals surface area contributed by atoms with Crippen molar-refractivity contribution in [3.05, 3.63) is 35.4 Å². The zero-order chi connectivity index (χ0) is 9.68. The topological polar surface area (TPSA) is 26.3 Å². The number of benzene rings is 1. The van der Waals surface area contributed by atoms with Gasteiger partial charge < -0.3 is 4.74 Å². The van der Waals surface area contributed by atoms with Crippen LogP contribution in [0.4, 0.5) is 0 Å². The second kappa shape index (κ2) is 4.45. The van der Waals surface area contributed by atoms with Gasteiger partial charge in [0.15, 0.2) is 6.29 Å². The summed E-state index contributed by atoms with van der Waals surface area (Å²) in [5.74, 6) is 0.616. The molecule has 0 saturated carbocycles. The number of allylic oxidation sites excluding steroid dienone is 1. The Bertz CT molecular complexity index is 327. The molecule has 0 aromatic heterocycles. The zero-order valence-electron chi connectivity index (χ0n) is 7.78. The summed E-state index contributed by atoms with van der Waals surface area (Å²) in [6.45, 7) is 1.94. The monoisotopic (exact) mass is 176 g/mol. The van der Waals surface area contributed by atoms with E-state index in [-0.39, 0.29) is 0 Å². The van der Waals surface area contributed by atoms with Crippen LogP contribution in [0.25, 0.3) is 6.08 Å². The van der Waals surface area contributed by atoms with Crippen LogP contribution in [0.5, 0.6) is 5.75 Å². The van der Waals surface area contributed by atoms with Crippen LogP contribution in [0.3, 0.4) is 0 Å². The van der Waals surface area contributed by atoms with Crippen LogP contribution in [-0.2, 0) is 0 Å². The molecule has 0 aliphatic heterocycles. The normalized spacial score (nSPS) is 10.3. The second-order valence-corrected chi connectivity index (χ2v) is 2.62. The zero-order valence-corrected chi connectivity index (χ0v) is 7.78. The first-order valence-corrected chi connectivity index (χ1v) is 4.07. The second-order valence-electron chi connectivity index (χ2n) is 2.62. The Hall–Kier alpha value is -1.57. The first-order valence-electron chi connectivity index (χ1n) is 4.07. The summed E-state index contributed by atoms with van der Waals surface area (Å²) in [4.78, 5) is 10.6. The van der Waals surface area contributed by atoms with Crippen molar-refractivity contribution in [3.63, 3.8) is 0 Å². The van der Waals surface area contributed by atoms with Gasteiger partial charge in [-0.05, 0) is 24.6 Å². The molecule has 2 nitrogen and oxygen atoms in total. The van der Waals surface area contributed by atoms with E-state index >= 15 is 0 Å². The van der Waals surface area contributed by atoms with Gasteiger partial charge in [-0.2, -0.15) is 0 Å². The maximum atomic E-state index is 10.6. The number of hydrogen-bond donors (Lipinski definition) is 0. The Kier molecular flexibility index (Phi) is 3.26. The molecule has 0 saturated heterocycles. The van der Waals surface area contributed by atoms with E-state index < -0.39 is 0 Å². The van der Waals surface area contributed by atoms with Crippen LogP contribution in [0.15, 0.2) is 24.3 Å². The first-order chi connectivity index (χ1) is 6.31. The van der Waals surface area contributed by atoms with Crippen molar-refractivity contribution in [2.75, 3.05) is 7.11 Å². The summed E-state index contributed by atoms with van der Waals surface area (Å²) >= 11 is 0. The maximum Gasteiger partial charge on any atom is 0.153 e. The number of ether oxygens (including phenoxy) is 1. The molecule has 0 spiro atoms. The minimum Gasteiger partial charge on any atom is -0.496 e. The van der Waals surface area contributed by atoms with Crippen molar-refractivity contribution in [2.24, 2.45) is 0 Å². The molecule has 13 heavy (non-hydrogen) atoms. The Labute approximate surface area is 77.8 Å². The summed E-state index contributed by atoms with van der Waals surface area (Å²) in [5.41, 5.74) is 1.61. The summed E-state index contributed by atoms with van der Waals surface area (Å²) < 4.78 is 5.06. The highest BCUT2D eigenvalue weighted by atomic mass is 16.5. The molecule has 0 amide bonds.